The van der Waals surface area contributed by atoms with Crippen molar-refractivity contribution < 1.29 is 27.5 Å². The van der Waals surface area contributed by atoms with Crippen molar-refractivity contribution >= 4 is 17.6 Å². The average molecular weight is 444 g/mol. The number of piperazine rings is 1. The molecular formula is C21H31F3N4O3. The molecule has 1 aromatic carbocycles. The lowest BCUT2D eigenvalue weighted by molar-refractivity contribution is -0.174. The third-order valence-electron chi connectivity index (χ3n) is 4.71. The molecule has 0 saturated carbocycles. The number of benzene rings is 1. The molecular weight excluding hydrogens is 413 g/mol. The summed E-state index contributed by atoms with van der Waals surface area (Å²) in [5.41, 5.74) is 1.52. The molecule has 2 rings (SSSR count). The van der Waals surface area contributed by atoms with Crippen molar-refractivity contribution in [2.45, 2.75) is 38.9 Å². The van der Waals surface area contributed by atoms with Crippen LogP contribution in [0.5, 0.6) is 0 Å². The summed E-state index contributed by atoms with van der Waals surface area (Å²) in [6.07, 6.45) is -3.48. The second-order valence-electron chi connectivity index (χ2n) is 7.88. The number of anilines is 1. The molecule has 1 aliphatic rings. The van der Waals surface area contributed by atoms with E-state index in [2.05, 4.69) is 20.3 Å². The maximum absolute atomic E-state index is 12.5. The van der Waals surface area contributed by atoms with Crippen molar-refractivity contribution in [3.63, 3.8) is 0 Å². The van der Waals surface area contributed by atoms with Gasteiger partial charge in [-0.2, -0.15) is 13.2 Å². The van der Waals surface area contributed by atoms with Crippen LogP contribution < -0.4 is 10.6 Å². The number of hydrogen-bond donors (Lipinski definition) is 2. The molecule has 0 radical (unpaired) electrons. The predicted molar refractivity (Wildman–Crippen MR) is 112 cm³/mol. The minimum absolute atomic E-state index is 0.0448. The van der Waals surface area contributed by atoms with Gasteiger partial charge in [0.05, 0.1) is 6.42 Å². The normalized spacial score (nSPS) is 15.2. The van der Waals surface area contributed by atoms with Gasteiger partial charge in [0.15, 0.2) is 0 Å². The minimum Gasteiger partial charge on any atom is -0.372 e. The fourth-order valence-corrected chi connectivity index (χ4v) is 3.22. The largest absolute Gasteiger partial charge is 0.411 e. The van der Waals surface area contributed by atoms with Gasteiger partial charge >= 0.3 is 12.2 Å². The number of hydrogen-bond acceptors (Lipinski definition) is 4. The number of ether oxygens (including phenoxy) is 1. The van der Waals surface area contributed by atoms with Crippen LogP contribution in [0.25, 0.3) is 0 Å². The van der Waals surface area contributed by atoms with Crippen LogP contribution in [-0.2, 0) is 16.0 Å². The van der Waals surface area contributed by atoms with Gasteiger partial charge in [-0.3, -0.25) is 9.69 Å². The monoisotopic (exact) mass is 444 g/mol. The van der Waals surface area contributed by atoms with Gasteiger partial charge in [-0.25, -0.2) is 4.79 Å². The molecule has 0 aliphatic carbocycles. The lowest BCUT2D eigenvalue weighted by atomic mass is 10.1. The van der Waals surface area contributed by atoms with Crippen molar-refractivity contribution in [1.82, 2.24) is 15.1 Å². The first-order valence-corrected chi connectivity index (χ1v) is 10.4. The number of carbonyl (C=O) groups is 2. The molecule has 0 spiro atoms. The molecule has 1 heterocycles. The Balaban J connectivity index is 1.66. The standard InChI is InChI=1S/C21H31F3N4O3/c1-16(2)25-19(29)14-17-4-6-18(7-5-17)26-20(30)28-11-9-27(10-12-28)8-3-13-31-15-21(22,23)24/h4-7,16H,3,8-15H2,1-2H3,(H,25,29)(H,26,30). The highest BCUT2D eigenvalue weighted by atomic mass is 19.4. The molecule has 2 N–H and O–H groups in total. The molecule has 31 heavy (non-hydrogen) atoms. The van der Waals surface area contributed by atoms with Gasteiger partial charge < -0.3 is 20.3 Å². The molecule has 0 unspecified atom stereocenters. The van der Waals surface area contributed by atoms with Gasteiger partial charge in [0, 0.05) is 51.1 Å². The summed E-state index contributed by atoms with van der Waals surface area (Å²) >= 11 is 0. The summed E-state index contributed by atoms with van der Waals surface area (Å²) in [6, 6.07) is 7.07. The van der Waals surface area contributed by atoms with Gasteiger partial charge in [0.25, 0.3) is 0 Å². The van der Waals surface area contributed by atoms with Crippen LogP contribution in [0.2, 0.25) is 0 Å². The predicted octanol–water partition coefficient (Wildman–Crippen LogP) is 2.87. The molecule has 0 bridgehead atoms. The highest BCUT2D eigenvalue weighted by Crippen LogP contribution is 2.15. The molecule has 7 nitrogen and oxygen atoms in total. The van der Waals surface area contributed by atoms with E-state index in [-0.39, 0.29) is 31.0 Å². The molecule has 1 fully saturated rings. The smallest absolute Gasteiger partial charge is 0.372 e. The summed E-state index contributed by atoms with van der Waals surface area (Å²) in [4.78, 5) is 28.1. The molecule has 1 aromatic rings. The molecule has 174 valence electrons. The number of alkyl halides is 3. The van der Waals surface area contributed by atoms with Gasteiger partial charge in [-0.05, 0) is 38.0 Å². The van der Waals surface area contributed by atoms with Gasteiger partial charge in [0.2, 0.25) is 5.91 Å². The fraction of sp³-hybridized carbons (Fsp3) is 0.619. The number of halogens is 3. The van der Waals surface area contributed by atoms with Crippen molar-refractivity contribution in [3.05, 3.63) is 29.8 Å². The summed E-state index contributed by atoms with van der Waals surface area (Å²) in [7, 11) is 0. The summed E-state index contributed by atoms with van der Waals surface area (Å²) in [5.74, 6) is -0.0448. The zero-order valence-electron chi connectivity index (χ0n) is 18.0. The van der Waals surface area contributed by atoms with Crippen molar-refractivity contribution in [3.8, 4) is 0 Å². The minimum atomic E-state index is -4.29. The van der Waals surface area contributed by atoms with E-state index in [9.17, 15) is 22.8 Å². The Morgan fingerprint density at radius 1 is 1.10 bits per heavy atom. The first-order chi connectivity index (χ1) is 14.6. The summed E-state index contributed by atoms with van der Waals surface area (Å²) < 4.78 is 40.7. The van der Waals surface area contributed by atoms with E-state index < -0.39 is 12.8 Å². The van der Waals surface area contributed by atoms with Crippen molar-refractivity contribution in [2.24, 2.45) is 0 Å². The van der Waals surface area contributed by atoms with Gasteiger partial charge in [0.1, 0.15) is 6.61 Å². The Hall–Kier alpha value is -2.33. The molecule has 1 saturated heterocycles. The zero-order chi connectivity index (χ0) is 22.9. The fourth-order valence-electron chi connectivity index (χ4n) is 3.22. The number of nitrogens with zero attached hydrogens (tertiary/aromatic N) is 2. The van der Waals surface area contributed by atoms with Crippen LogP contribution >= 0.6 is 0 Å². The van der Waals surface area contributed by atoms with Crippen molar-refractivity contribution in [1.29, 1.82) is 0 Å². The Morgan fingerprint density at radius 3 is 2.32 bits per heavy atom. The molecule has 3 amide bonds. The van der Waals surface area contributed by atoms with Gasteiger partial charge in [-0.1, -0.05) is 12.1 Å². The lowest BCUT2D eigenvalue weighted by Gasteiger charge is -2.34. The van der Waals surface area contributed by atoms with E-state index in [0.29, 0.717) is 44.8 Å². The Kier molecular flexibility index (Phi) is 9.57. The molecule has 10 heteroatoms. The van der Waals surface area contributed by atoms with Crippen molar-refractivity contribution in [2.75, 3.05) is 51.3 Å². The van der Waals surface area contributed by atoms with Crippen LogP contribution in [-0.4, -0.2) is 79.9 Å². The number of urea groups is 1. The quantitative estimate of drug-likeness (QED) is 0.575. The van der Waals surface area contributed by atoms with Crippen LogP contribution in [0.3, 0.4) is 0 Å². The second kappa shape index (κ2) is 11.9. The molecule has 0 aromatic heterocycles. The van der Waals surface area contributed by atoms with E-state index in [1.54, 1.807) is 17.0 Å². The number of amides is 3. The Labute approximate surface area is 180 Å². The number of nitrogens with one attached hydrogen (secondary N) is 2. The van der Waals surface area contributed by atoms with E-state index >= 15 is 0 Å². The van der Waals surface area contributed by atoms with E-state index in [1.807, 2.05) is 26.0 Å². The Bertz CT molecular complexity index is 703. The average Bonchev–Trinajstić information content (AvgIpc) is 2.68. The Morgan fingerprint density at radius 2 is 1.74 bits per heavy atom. The third kappa shape index (κ3) is 10.0. The molecule has 1 aliphatic heterocycles. The van der Waals surface area contributed by atoms with Crippen LogP contribution in [0.1, 0.15) is 25.8 Å². The van der Waals surface area contributed by atoms with E-state index in [4.69, 9.17) is 0 Å². The van der Waals surface area contributed by atoms with E-state index in [1.165, 1.54) is 0 Å². The molecule has 0 atom stereocenters. The highest BCUT2D eigenvalue weighted by molar-refractivity contribution is 5.89. The first-order valence-electron chi connectivity index (χ1n) is 10.4. The van der Waals surface area contributed by atoms with Crippen LogP contribution in [0, 0.1) is 0 Å². The lowest BCUT2D eigenvalue weighted by Crippen LogP contribution is -2.50. The van der Waals surface area contributed by atoms with Crippen LogP contribution in [0.15, 0.2) is 24.3 Å². The van der Waals surface area contributed by atoms with Crippen LogP contribution in [0.4, 0.5) is 23.7 Å². The maximum Gasteiger partial charge on any atom is 0.411 e. The second-order valence-corrected chi connectivity index (χ2v) is 7.88. The zero-order valence-corrected chi connectivity index (χ0v) is 18.0. The van der Waals surface area contributed by atoms with Gasteiger partial charge in [-0.15, -0.1) is 0 Å². The number of rotatable bonds is 9. The SMILES string of the molecule is CC(C)NC(=O)Cc1ccc(NC(=O)N2CCN(CCCOCC(F)(F)F)CC2)cc1. The van der Waals surface area contributed by atoms with E-state index in [0.717, 1.165) is 5.56 Å². The number of carbonyl (C=O) groups excluding carboxylic acids is 2. The summed E-state index contributed by atoms with van der Waals surface area (Å²) in [5, 5.41) is 5.69. The first kappa shape index (κ1) is 24.9. The third-order valence-corrected chi connectivity index (χ3v) is 4.71. The summed E-state index contributed by atoms with van der Waals surface area (Å²) in [6.45, 7) is 5.72. The maximum atomic E-state index is 12.5. The highest BCUT2D eigenvalue weighted by Gasteiger charge is 2.27. The topological polar surface area (TPSA) is 73.9 Å².